The van der Waals surface area contributed by atoms with Crippen LogP contribution in [0.3, 0.4) is 0 Å². The van der Waals surface area contributed by atoms with Gasteiger partial charge in [0.15, 0.2) is 0 Å². The third-order valence-electron chi connectivity index (χ3n) is 8.92. The predicted octanol–water partition coefficient (Wildman–Crippen LogP) is 3.48. The molecule has 0 radical (unpaired) electrons. The van der Waals surface area contributed by atoms with Crippen molar-refractivity contribution < 1.29 is 23.5 Å². The number of hydrogen-bond donors (Lipinski definition) is 0. The number of carbonyl (C=O) groups excluding carboxylic acids is 3. The van der Waals surface area contributed by atoms with Gasteiger partial charge in [0.05, 0.1) is 0 Å². The van der Waals surface area contributed by atoms with Crippen LogP contribution < -0.4 is 4.90 Å². The van der Waals surface area contributed by atoms with Crippen LogP contribution in [-0.2, 0) is 29.0 Å². The molecular weight excluding hydrogens is 546 g/mol. The average Bonchev–Trinajstić information content (AvgIpc) is 3.59. The molecule has 3 aromatic rings. The summed E-state index contributed by atoms with van der Waals surface area (Å²) in [6.45, 7) is 9.40. The fourth-order valence-corrected chi connectivity index (χ4v) is 6.94. The predicted molar refractivity (Wildman–Crippen MR) is 156 cm³/mol. The number of fused-ring (bicyclic) bond motifs is 2. The van der Waals surface area contributed by atoms with E-state index >= 15 is 4.39 Å². The fourth-order valence-electron chi connectivity index (χ4n) is 6.94. The van der Waals surface area contributed by atoms with Crippen LogP contribution in [0.15, 0.2) is 36.8 Å². The summed E-state index contributed by atoms with van der Waals surface area (Å²) < 4.78 is 22.7. The molecule has 0 N–H and O–H groups in total. The molecular formula is C31H32FLiN6O4. The zero-order chi connectivity index (χ0) is 30.3. The number of amides is 2. The van der Waals surface area contributed by atoms with Gasteiger partial charge < -0.3 is 9.64 Å². The Morgan fingerprint density at radius 2 is 1.86 bits per heavy atom. The number of carbonyl (C=O) groups is 3. The minimum absolute atomic E-state index is 0.0239. The quantitative estimate of drug-likeness (QED) is 0.428. The number of aromatic nitrogens is 3. The van der Waals surface area contributed by atoms with E-state index in [9.17, 15) is 14.4 Å². The molecule has 7 rings (SSSR count). The number of pyridine rings is 1. The molecule has 43 heavy (non-hydrogen) atoms. The van der Waals surface area contributed by atoms with Crippen LogP contribution in [0.25, 0.3) is 11.1 Å². The second-order valence-electron chi connectivity index (χ2n) is 13.4. The standard InChI is InChI=1S/C31H32FN6O4.Li/c1-30(2,3)42-29(41)37-16-31(17-37)14-36(15-31)26-7-6-19(11-33-26)20-9-21-22(23(32)10-20)12-38(28(21)40)25(13-39)27-24-5-4-8-35(24)18-34-27;/h6-7,9-11,18,25H,4-5,8,12,14-17H2,1-3H3;. The maximum absolute atomic E-state index is 15.4. The first kappa shape index (κ1) is 28.1. The molecule has 1 aromatic carbocycles. The van der Waals surface area contributed by atoms with E-state index in [1.807, 2.05) is 37.5 Å². The van der Waals surface area contributed by atoms with Gasteiger partial charge in [-0.3, -0.25) is 0 Å². The van der Waals surface area contributed by atoms with Crippen molar-refractivity contribution >= 4 is 40.0 Å². The van der Waals surface area contributed by atoms with Gasteiger partial charge in [0.1, 0.15) is 5.60 Å². The minimum atomic E-state index is -0.843. The van der Waals surface area contributed by atoms with Crippen molar-refractivity contribution in [2.24, 2.45) is 5.41 Å². The molecule has 1 atom stereocenters. The molecule has 6 heterocycles. The summed E-state index contributed by atoms with van der Waals surface area (Å²) in [5, 5.41) is 0. The molecule has 2 amide bonds. The number of ether oxygens (including phenoxy) is 1. The summed E-state index contributed by atoms with van der Waals surface area (Å²) >= 11 is 1.46. The monoisotopic (exact) mass is 578 g/mol. The molecule has 4 aliphatic rings. The normalized spacial score (nSPS) is 19.2. The number of rotatable bonds is 5. The van der Waals surface area contributed by atoms with Crippen LogP contribution in [0.1, 0.15) is 60.5 Å². The molecule has 0 aliphatic carbocycles. The Labute approximate surface area is 258 Å². The van der Waals surface area contributed by atoms with Crippen molar-refractivity contribution in [3.63, 3.8) is 0 Å². The summed E-state index contributed by atoms with van der Waals surface area (Å²) in [7, 11) is 0. The summed E-state index contributed by atoms with van der Waals surface area (Å²) in [6, 6.07) is 6.07. The van der Waals surface area contributed by atoms with Crippen LogP contribution >= 0.6 is 0 Å². The molecule has 1 unspecified atom stereocenters. The topological polar surface area (TPSA) is 101 Å². The van der Waals surface area contributed by atoms with E-state index in [1.165, 1.54) is 28.7 Å². The van der Waals surface area contributed by atoms with Crippen LogP contribution in [0.4, 0.5) is 15.0 Å². The van der Waals surface area contributed by atoms with Crippen molar-refractivity contribution in [3.8, 4) is 11.1 Å². The second kappa shape index (κ2) is 9.93. The molecule has 2 fully saturated rings. The van der Waals surface area contributed by atoms with Crippen molar-refractivity contribution in [1.29, 1.82) is 0 Å². The SMILES string of the molecule is [Li][C](=O)C(c1ncn2c1CCC2)N1Cc2c(F)cc(-c3ccc(N4CC5(CN(C(=O)OC(C)(C)C)C5)C4)nc3)cc2C1=O. The van der Waals surface area contributed by atoms with Crippen LogP contribution in [-0.4, -0.2) is 90.3 Å². The second-order valence-corrected chi connectivity index (χ2v) is 13.4. The van der Waals surface area contributed by atoms with E-state index in [4.69, 9.17) is 4.74 Å². The van der Waals surface area contributed by atoms with Crippen molar-refractivity contribution in [1.82, 2.24) is 24.3 Å². The van der Waals surface area contributed by atoms with E-state index in [0.29, 0.717) is 35.5 Å². The molecule has 0 bridgehead atoms. The number of aryl methyl sites for hydroxylation is 1. The van der Waals surface area contributed by atoms with Gasteiger partial charge in [-0.2, -0.15) is 0 Å². The van der Waals surface area contributed by atoms with E-state index in [0.717, 1.165) is 44.0 Å². The van der Waals surface area contributed by atoms with Crippen LogP contribution in [0, 0.1) is 11.2 Å². The maximum atomic E-state index is 15.4. The van der Waals surface area contributed by atoms with Gasteiger partial charge >= 0.3 is 187 Å². The Kier molecular flexibility index (Phi) is 6.49. The van der Waals surface area contributed by atoms with Crippen molar-refractivity contribution in [3.05, 3.63) is 65.1 Å². The van der Waals surface area contributed by atoms with Crippen LogP contribution in [0.2, 0.25) is 0 Å². The number of likely N-dealkylation sites (tertiary alicyclic amines) is 1. The molecule has 12 heteroatoms. The molecule has 4 aliphatic heterocycles. The third kappa shape index (κ3) is 4.83. The van der Waals surface area contributed by atoms with Crippen molar-refractivity contribution in [2.75, 3.05) is 31.1 Å². The first-order valence-electron chi connectivity index (χ1n) is 14.8. The molecule has 1 spiro atoms. The zero-order valence-corrected chi connectivity index (χ0v) is 24.9. The van der Waals surface area contributed by atoms with Gasteiger partial charge in [-0.1, -0.05) is 0 Å². The van der Waals surface area contributed by atoms with Gasteiger partial charge in [-0.05, 0) is 20.8 Å². The Balaban J connectivity index is 1.04. The number of anilines is 1. The van der Waals surface area contributed by atoms with E-state index < -0.39 is 17.5 Å². The number of hydrogen-bond acceptors (Lipinski definition) is 7. The molecule has 2 saturated heterocycles. The number of halogens is 1. The Morgan fingerprint density at radius 1 is 1.09 bits per heavy atom. The van der Waals surface area contributed by atoms with Gasteiger partial charge in [0.25, 0.3) is 0 Å². The summed E-state index contributed by atoms with van der Waals surface area (Å²) in [4.78, 5) is 53.2. The van der Waals surface area contributed by atoms with Crippen LogP contribution in [0.5, 0.6) is 0 Å². The Hall–Kier alpha value is -3.68. The summed E-state index contributed by atoms with van der Waals surface area (Å²) in [5.41, 5.74) is 2.95. The van der Waals surface area contributed by atoms with Gasteiger partial charge in [-0.15, -0.1) is 0 Å². The molecule has 0 saturated carbocycles. The van der Waals surface area contributed by atoms with E-state index in [2.05, 4.69) is 14.9 Å². The van der Waals surface area contributed by atoms with E-state index in [1.54, 1.807) is 23.5 Å². The van der Waals surface area contributed by atoms with Gasteiger partial charge in [-0.25, -0.2) is 4.79 Å². The summed E-state index contributed by atoms with van der Waals surface area (Å²) in [5.74, 6) is -0.0352. The molecule has 2 aromatic heterocycles. The van der Waals surface area contributed by atoms with Gasteiger partial charge in [0, 0.05) is 31.6 Å². The molecule has 10 nitrogen and oxygen atoms in total. The first-order valence-corrected chi connectivity index (χ1v) is 14.8. The molecule has 218 valence electrons. The van der Waals surface area contributed by atoms with E-state index in [-0.39, 0.29) is 34.0 Å². The van der Waals surface area contributed by atoms with Gasteiger partial charge in [0.2, 0.25) is 0 Å². The number of nitrogens with zero attached hydrogens (tertiary/aromatic N) is 6. The summed E-state index contributed by atoms with van der Waals surface area (Å²) in [6.07, 6.45) is 4.92. The zero-order valence-electron chi connectivity index (χ0n) is 24.9. The number of imidazole rings is 1. The average molecular weight is 579 g/mol. The fraction of sp³-hybridized carbons (Fsp3) is 0.452. The Bertz CT molecular complexity index is 1650. The Morgan fingerprint density at radius 3 is 2.53 bits per heavy atom. The third-order valence-corrected chi connectivity index (χ3v) is 8.92. The van der Waals surface area contributed by atoms with Crippen molar-refractivity contribution in [2.45, 2.75) is 58.3 Å². The first-order chi connectivity index (χ1) is 20.4. The number of benzene rings is 1.